The number of hydrogen-bond acceptors (Lipinski definition) is 5. The highest BCUT2D eigenvalue weighted by atomic mass is 15.2. The van der Waals surface area contributed by atoms with Crippen LogP contribution in [0.5, 0.6) is 0 Å². The highest BCUT2D eigenvalue weighted by Gasteiger charge is 2.40. The first-order chi connectivity index (χ1) is 19.0. The second-order valence-electron chi connectivity index (χ2n) is 12.0. The third kappa shape index (κ3) is 5.49. The largest absolute Gasteiger partial charge is 0.377 e. The van der Waals surface area contributed by atoms with Crippen molar-refractivity contribution in [2.24, 2.45) is 17.6 Å². The number of fused-ring (bicyclic) bond motifs is 1. The molecule has 3 aromatic rings. The average Bonchev–Trinajstić information content (AvgIpc) is 2.95. The zero-order valence-electron chi connectivity index (χ0n) is 23.4. The quantitative estimate of drug-likeness (QED) is 0.363. The van der Waals surface area contributed by atoms with Gasteiger partial charge in [-0.25, -0.2) is 0 Å². The van der Waals surface area contributed by atoms with Crippen molar-refractivity contribution in [1.29, 1.82) is 0 Å². The Morgan fingerprint density at radius 3 is 2.08 bits per heavy atom. The van der Waals surface area contributed by atoms with Crippen molar-refractivity contribution in [3.63, 3.8) is 0 Å². The zero-order valence-corrected chi connectivity index (χ0v) is 23.4. The molecule has 3 aromatic carbocycles. The molecule has 2 heterocycles. The molecule has 5 nitrogen and oxygen atoms in total. The summed E-state index contributed by atoms with van der Waals surface area (Å²) < 4.78 is 0. The topological polar surface area (TPSA) is 56.6 Å². The Kier molecular flexibility index (Phi) is 7.48. The predicted octanol–water partition coefficient (Wildman–Crippen LogP) is 5.54. The van der Waals surface area contributed by atoms with Crippen LogP contribution in [0, 0.1) is 11.8 Å². The lowest BCUT2D eigenvalue weighted by Crippen LogP contribution is -2.56. The summed E-state index contributed by atoms with van der Waals surface area (Å²) in [5, 5.41) is 7.63. The zero-order chi connectivity index (χ0) is 26.8. The van der Waals surface area contributed by atoms with Gasteiger partial charge < -0.3 is 21.3 Å². The Bertz CT molecular complexity index is 1220. The molecule has 0 amide bonds. The minimum Gasteiger partial charge on any atom is -0.377 e. The molecule has 39 heavy (non-hydrogen) atoms. The lowest BCUT2D eigenvalue weighted by Gasteiger charge is -2.46. The van der Waals surface area contributed by atoms with Crippen molar-refractivity contribution >= 4 is 11.4 Å². The number of benzene rings is 3. The van der Waals surface area contributed by atoms with Crippen LogP contribution in [0.2, 0.25) is 0 Å². The molecule has 5 heteroatoms. The number of nitrogens with zero attached hydrogens (tertiary/aromatic N) is 2. The number of nitrogens with one attached hydrogen (secondary N) is 2. The lowest BCUT2D eigenvalue weighted by molar-refractivity contribution is 0.0648. The molecule has 1 saturated heterocycles. The first-order valence-electron chi connectivity index (χ1n) is 14.6. The molecule has 0 radical (unpaired) electrons. The third-order valence-electron chi connectivity index (χ3n) is 9.09. The van der Waals surface area contributed by atoms with Crippen molar-refractivity contribution < 1.29 is 0 Å². The van der Waals surface area contributed by atoms with E-state index in [9.17, 15) is 0 Å². The Hall–Kier alpha value is -3.12. The molecule has 0 aromatic heterocycles. The maximum Gasteiger partial charge on any atom is 0.110 e. The van der Waals surface area contributed by atoms with Gasteiger partial charge in [-0.15, -0.1) is 0 Å². The molecule has 6 rings (SSSR count). The van der Waals surface area contributed by atoms with Crippen molar-refractivity contribution in [2.75, 3.05) is 39.0 Å². The van der Waals surface area contributed by atoms with Crippen LogP contribution in [0.15, 0.2) is 91.0 Å². The normalized spacial score (nSPS) is 25.4. The Morgan fingerprint density at radius 1 is 0.872 bits per heavy atom. The van der Waals surface area contributed by atoms with Crippen molar-refractivity contribution in [1.82, 2.24) is 15.1 Å². The van der Waals surface area contributed by atoms with E-state index in [1.54, 1.807) is 0 Å². The average molecular weight is 522 g/mol. The van der Waals surface area contributed by atoms with Gasteiger partial charge in [0, 0.05) is 56.7 Å². The first kappa shape index (κ1) is 26.1. The van der Waals surface area contributed by atoms with E-state index in [1.165, 1.54) is 35.2 Å². The Labute approximate surface area is 234 Å². The predicted molar refractivity (Wildman–Crippen MR) is 162 cm³/mol. The summed E-state index contributed by atoms with van der Waals surface area (Å²) in [6.45, 7) is 3.39. The monoisotopic (exact) mass is 521 g/mol. The number of para-hydroxylation sites is 1. The van der Waals surface area contributed by atoms with Gasteiger partial charge in [-0.2, -0.15) is 0 Å². The third-order valence-corrected chi connectivity index (χ3v) is 9.09. The second kappa shape index (κ2) is 11.2. The maximum absolute atomic E-state index is 7.07. The number of nitrogens with two attached hydrogens (primary N) is 1. The van der Waals surface area contributed by atoms with Crippen LogP contribution in [0.4, 0.5) is 5.69 Å². The van der Waals surface area contributed by atoms with E-state index in [4.69, 9.17) is 5.73 Å². The molecule has 1 unspecified atom stereocenters. The summed E-state index contributed by atoms with van der Waals surface area (Å²) >= 11 is 0. The van der Waals surface area contributed by atoms with Crippen molar-refractivity contribution in [3.8, 4) is 0 Å². The van der Waals surface area contributed by atoms with Gasteiger partial charge in [-0.3, -0.25) is 4.90 Å². The maximum atomic E-state index is 7.07. The standard InChI is InChI=1S/C34H43N5/c1-38(2)32-21-34(35,37-31-16-10-9-15-30(31)32)28-17-19-29(20-18-28)36-22-25-23-39(24-25)33(26-11-5-3-6-12-26)27-13-7-4-8-14-27/h3-16,21,25,28-29,33,36-37H,17-20,22-24,35H2,1-2H3. The smallest absolute Gasteiger partial charge is 0.110 e. The number of anilines is 1. The number of rotatable bonds is 8. The highest BCUT2D eigenvalue weighted by molar-refractivity contribution is 5.80. The van der Waals surface area contributed by atoms with Crippen LogP contribution in [0.3, 0.4) is 0 Å². The van der Waals surface area contributed by atoms with Crippen LogP contribution in [-0.2, 0) is 0 Å². The van der Waals surface area contributed by atoms with Gasteiger partial charge in [0.15, 0.2) is 0 Å². The molecular weight excluding hydrogens is 478 g/mol. The van der Waals surface area contributed by atoms with Gasteiger partial charge in [0.05, 0.1) is 6.04 Å². The van der Waals surface area contributed by atoms with E-state index in [0.717, 1.165) is 38.2 Å². The van der Waals surface area contributed by atoms with Crippen LogP contribution in [0.25, 0.3) is 5.70 Å². The van der Waals surface area contributed by atoms with E-state index < -0.39 is 5.66 Å². The van der Waals surface area contributed by atoms with E-state index in [0.29, 0.717) is 23.9 Å². The van der Waals surface area contributed by atoms with Crippen LogP contribution >= 0.6 is 0 Å². The van der Waals surface area contributed by atoms with Gasteiger partial charge in [-0.1, -0.05) is 78.9 Å². The lowest BCUT2D eigenvalue weighted by atomic mass is 9.76. The molecule has 0 bridgehead atoms. The molecular formula is C34H43N5. The molecule has 1 saturated carbocycles. The van der Waals surface area contributed by atoms with E-state index >= 15 is 0 Å². The SMILES string of the molecule is CN(C)C1=CC(N)(C2CCC(NCC3CN(C(c4ccccc4)c4ccccc4)C3)CC2)Nc2ccccc21. The molecule has 204 valence electrons. The van der Waals surface area contributed by atoms with Gasteiger partial charge in [0.25, 0.3) is 0 Å². The summed E-state index contributed by atoms with van der Waals surface area (Å²) in [6, 6.07) is 31.4. The molecule has 2 aliphatic heterocycles. The van der Waals surface area contributed by atoms with E-state index in [2.05, 4.69) is 126 Å². The summed E-state index contributed by atoms with van der Waals surface area (Å²) in [4.78, 5) is 4.82. The fourth-order valence-electron chi connectivity index (χ4n) is 6.92. The van der Waals surface area contributed by atoms with Gasteiger partial charge in [-0.05, 0) is 60.8 Å². The first-order valence-corrected chi connectivity index (χ1v) is 14.6. The number of hydrogen-bond donors (Lipinski definition) is 3. The Morgan fingerprint density at radius 2 is 1.46 bits per heavy atom. The highest BCUT2D eigenvalue weighted by Crippen LogP contribution is 2.40. The summed E-state index contributed by atoms with van der Waals surface area (Å²) in [5.41, 5.74) is 12.9. The number of likely N-dealkylation sites (tertiary alicyclic amines) is 1. The summed E-state index contributed by atoms with van der Waals surface area (Å²) in [5.74, 6) is 1.14. The van der Waals surface area contributed by atoms with E-state index in [-0.39, 0.29) is 0 Å². The molecule has 3 aliphatic rings. The van der Waals surface area contributed by atoms with Gasteiger partial charge in [0.2, 0.25) is 0 Å². The summed E-state index contributed by atoms with van der Waals surface area (Å²) in [6.07, 6.45) is 6.92. The fourth-order valence-corrected chi connectivity index (χ4v) is 6.92. The van der Waals surface area contributed by atoms with Crippen LogP contribution < -0.4 is 16.4 Å². The molecule has 2 fully saturated rings. The van der Waals surface area contributed by atoms with Gasteiger partial charge >= 0.3 is 0 Å². The second-order valence-corrected chi connectivity index (χ2v) is 12.0. The fraction of sp³-hybridized carbons (Fsp3) is 0.412. The Balaban J connectivity index is 1.02. The minimum absolute atomic E-state index is 0.341. The van der Waals surface area contributed by atoms with Crippen LogP contribution in [0.1, 0.15) is 48.4 Å². The van der Waals surface area contributed by atoms with Crippen molar-refractivity contribution in [3.05, 3.63) is 108 Å². The van der Waals surface area contributed by atoms with Crippen LogP contribution in [-0.4, -0.2) is 55.2 Å². The molecule has 4 N–H and O–H groups in total. The molecule has 0 spiro atoms. The van der Waals surface area contributed by atoms with Crippen molar-refractivity contribution in [2.45, 2.75) is 43.4 Å². The summed E-state index contributed by atoms with van der Waals surface area (Å²) in [7, 11) is 4.22. The minimum atomic E-state index is -0.503. The van der Waals surface area contributed by atoms with Gasteiger partial charge in [0.1, 0.15) is 5.66 Å². The van der Waals surface area contributed by atoms with E-state index in [1.807, 2.05) is 0 Å². The molecule has 1 aliphatic carbocycles. The molecule has 1 atom stereocenters.